The van der Waals surface area contributed by atoms with Gasteiger partial charge in [0.25, 0.3) is 5.91 Å². The molecule has 0 atom stereocenters. The Labute approximate surface area is 144 Å². The second-order valence-corrected chi connectivity index (χ2v) is 6.89. The first-order valence-electron chi connectivity index (χ1n) is 8.09. The van der Waals surface area contributed by atoms with E-state index >= 15 is 0 Å². The van der Waals surface area contributed by atoms with E-state index in [1.165, 1.54) is 10.4 Å². The van der Waals surface area contributed by atoms with E-state index in [1.807, 2.05) is 13.1 Å². The lowest BCUT2D eigenvalue weighted by Crippen LogP contribution is -2.44. The first-order chi connectivity index (χ1) is 11.7. The minimum atomic E-state index is -0.0372. The fourth-order valence-electron chi connectivity index (χ4n) is 3.14. The number of amides is 1. The number of anilines is 1. The van der Waals surface area contributed by atoms with Gasteiger partial charge in [-0.25, -0.2) is 0 Å². The van der Waals surface area contributed by atoms with Gasteiger partial charge in [0.2, 0.25) is 0 Å². The fourth-order valence-corrected chi connectivity index (χ4v) is 4.05. The lowest BCUT2D eigenvalue weighted by atomic mass is 10.0. The highest BCUT2D eigenvalue weighted by atomic mass is 32.1. The van der Waals surface area contributed by atoms with Crippen molar-refractivity contribution in [3.8, 4) is 0 Å². The molecule has 7 heteroatoms. The SMILES string of the molecule is Cn1cc(C(=O)NC2CCN(c3snc4ccccc34)CC2)cn1. The van der Waals surface area contributed by atoms with Crippen LogP contribution in [0.4, 0.5) is 5.00 Å². The molecule has 1 saturated heterocycles. The Bertz CT molecular complexity index is 863. The summed E-state index contributed by atoms with van der Waals surface area (Å²) >= 11 is 1.56. The second-order valence-electron chi connectivity index (χ2n) is 6.14. The van der Waals surface area contributed by atoms with Gasteiger partial charge < -0.3 is 10.2 Å². The standard InChI is InChI=1S/C17H19N5OS/c1-21-11-12(10-18-21)16(23)19-13-6-8-22(9-7-13)17-14-4-2-3-5-15(14)20-24-17/h2-5,10-11,13H,6-9H2,1H3,(H,19,23). The number of hydrogen-bond acceptors (Lipinski definition) is 5. The Balaban J connectivity index is 1.39. The topological polar surface area (TPSA) is 63.1 Å². The minimum Gasteiger partial charge on any atom is -0.362 e. The maximum Gasteiger partial charge on any atom is 0.254 e. The molecule has 24 heavy (non-hydrogen) atoms. The minimum absolute atomic E-state index is 0.0372. The van der Waals surface area contributed by atoms with Crippen LogP contribution in [0.15, 0.2) is 36.7 Å². The van der Waals surface area contributed by atoms with Crippen molar-refractivity contribution in [1.29, 1.82) is 0 Å². The van der Waals surface area contributed by atoms with Crippen LogP contribution in [-0.4, -0.2) is 39.2 Å². The van der Waals surface area contributed by atoms with Crippen LogP contribution in [0.5, 0.6) is 0 Å². The Morgan fingerprint density at radius 3 is 2.83 bits per heavy atom. The molecule has 0 aliphatic carbocycles. The highest BCUT2D eigenvalue weighted by molar-refractivity contribution is 7.11. The Kier molecular flexibility index (Phi) is 3.93. The van der Waals surface area contributed by atoms with Gasteiger partial charge in [-0.2, -0.15) is 9.47 Å². The zero-order valence-corrected chi connectivity index (χ0v) is 14.3. The van der Waals surface area contributed by atoms with Crippen LogP contribution in [-0.2, 0) is 7.05 Å². The molecule has 1 aliphatic heterocycles. The van der Waals surface area contributed by atoms with Gasteiger partial charge in [-0.15, -0.1) is 0 Å². The number of fused-ring (bicyclic) bond motifs is 1. The molecule has 6 nitrogen and oxygen atoms in total. The van der Waals surface area contributed by atoms with Crippen LogP contribution in [0.2, 0.25) is 0 Å². The molecule has 0 radical (unpaired) electrons. The third-order valence-electron chi connectivity index (χ3n) is 4.45. The largest absolute Gasteiger partial charge is 0.362 e. The summed E-state index contributed by atoms with van der Waals surface area (Å²) in [4.78, 5) is 14.6. The highest BCUT2D eigenvalue weighted by Gasteiger charge is 2.23. The van der Waals surface area contributed by atoms with E-state index in [9.17, 15) is 4.79 Å². The first kappa shape index (κ1) is 15.1. The molecule has 0 unspecified atom stereocenters. The number of aryl methyl sites for hydroxylation is 1. The van der Waals surface area contributed by atoms with Crippen LogP contribution in [0, 0.1) is 0 Å². The lowest BCUT2D eigenvalue weighted by molar-refractivity contribution is 0.0931. The molecular formula is C17H19N5OS. The molecule has 3 aromatic rings. The summed E-state index contributed by atoms with van der Waals surface area (Å²) in [5.74, 6) is -0.0372. The number of hydrogen-bond donors (Lipinski definition) is 1. The number of aromatic nitrogens is 3. The molecular weight excluding hydrogens is 322 g/mol. The molecule has 1 aliphatic rings. The monoisotopic (exact) mass is 341 g/mol. The van der Waals surface area contributed by atoms with E-state index in [0.29, 0.717) is 5.56 Å². The van der Waals surface area contributed by atoms with Gasteiger partial charge in [0, 0.05) is 37.8 Å². The summed E-state index contributed by atoms with van der Waals surface area (Å²) in [6.45, 7) is 1.87. The molecule has 0 saturated carbocycles. The Hall–Kier alpha value is -2.41. The van der Waals surface area contributed by atoms with Crippen molar-refractivity contribution in [3.05, 3.63) is 42.2 Å². The van der Waals surface area contributed by atoms with Gasteiger partial charge in [-0.1, -0.05) is 12.1 Å². The van der Waals surface area contributed by atoms with Crippen molar-refractivity contribution in [3.63, 3.8) is 0 Å². The number of carbonyl (C=O) groups is 1. The van der Waals surface area contributed by atoms with E-state index in [2.05, 4.69) is 37.9 Å². The maximum absolute atomic E-state index is 12.2. The molecule has 0 spiro atoms. The van der Waals surface area contributed by atoms with Gasteiger partial charge in [0.1, 0.15) is 5.00 Å². The van der Waals surface area contributed by atoms with E-state index in [-0.39, 0.29) is 11.9 Å². The van der Waals surface area contributed by atoms with Gasteiger partial charge in [-0.05, 0) is 36.5 Å². The van der Waals surface area contributed by atoms with Gasteiger partial charge in [0.05, 0.1) is 17.3 Å². The van der Waals surface area contributed by atoms with E-state index in [0.717, 1.165) is 31.4 Å². The van der Waals surface area contributed by atoms with Crippen LogP contribution < -0.4 is 10.2 Å². The molecule has 2 aromatic heterocycles. The number of nitrogens with zero attached hydrogens (tertiary/aromatic N) is 4. The van der Waals surface area contributed by atoms with Crippen LogP contribution in [0.3, 0.4) is 0 Å². The predicted molar refractivity (Wildman–Crippen MR) is 95.5 cm³/mol. The summed E-state index contributed by atoms with van der Waals surface area (Å²) in [6, 6.07) is 8.47. The molecule has 124 valence electrons. The average Bonchev–Trinajstić information content (AvgIpc) is 3.22. The Morgan fingerprint density at radius 1 is 1.29 bits per heavy atom. The number of benzene rings is 1. The van der Waals surface area contributed by atoms with Crippen molar-refractivity contribution in [1.82, 2.24) is 19.5 Å². The van der Waals surface area contributed by atoms with E-state index < -0.39 is 0 Å². The first-order valence-corrected chi connectivity index (χ1v) is 8.87. The van der Waals surface area contributed by atoms with Gasteiger partial charge >= 0.3 is 0 Å². The fraction of sp³-hybridized carbons (Fsp3) is 0.353. The van der Waals surface area contributed by atoms with E-state index in [4.69, 9.17) is 0 Å². The summed E-state index contributed by atoms with van der Waals surface area (Å²) in [6.07, 6.45) is 5.23. The number of rotatable bonds is 3. The summed E-state index contributed by atoms with van der Waals surface area (Å²) in [5, 5.41) is 9.63. The van der Waals surface area contributed by atoms with Crippen molar-refractivity contribution in [2.45, 2.75) is 18.9 Å². The summed E-state index contributed by atoms with van der Waals surface area (Å²) in [5.41, 5.74) is 1.68. The third-order valence-corrected chi connectivity index (χ3v) is 5.39. The Morgan fingerprint density at radius 2 is 2.08 bits per heavy atom. The third kappa shape index (κ3) is 2.87. The molecule has 4 rings (SSSR count). The normalized spacial score (nSPS) is 15.8. The second kappa shape index (κ2) is 6.24. The number of piperidine rings is 1. The maximum atomic E-state index is 12.2. The molecule has 1 amide bonds. The van der Waals surface area contributed by atoms with Crippen molar-refractivity contribution >= 4 is 33.3 Å². The van der Waals surface area contributed by atoms with Crippen molar-refractivity contribution in [2.75, 3.05) is 18.0 Å². The van der Waals surface area contributed by atoms with Crippen LogP contribution in [0.25, 0.3) is 10.9 Å². The number of nitrogens with one attached hydrogen (secondary N) is 1. The summed E-state index contributed by atoms with van der Waals surface area (Å²) < 4.78 is 6.17. The molecule has 0 bridgehead atoms. The lowest BCUT2D eigenvalue weighted by Gasteiger charge is -2.32. The highest BCUT2D eigenvalue weighted by Crippen LogP contribution is 2.32. The number of carbonyl (C=O) groups excluding carboxylic acids is 1. The molecule has 1 fully saturated rings. The molecule has 1 aromatic carbocycles. The van der Waals surface area contributed by atoms with Crippen LogP contribution in [0.1, 0.15) is 23.2 Å². The van der Waals surface area contributed by atoms with Crippen molar-refractivity contribution in [2.24, 2.45) is 7.05 Å². The van der Waals surface area contributed by atoms with Gasteiger partial charge in [-0.3, -0.25) is 9.48 Å². The molecule has 3 heterocycles. The molecule has 1 N–H and O–H groups in total. The van der Waals surface area contributed by atoms with Gasteiger partial charge in [0.15, 0.2) is 0 Å². The van der Waals surface area contributed by atoms with E-state index in [1.54, 1.807) is 28.6 Å². The smallest absolute Gasteiger partial charge is 0.254 e. The van der Waals surface area contributed by atoms with Crippen LogP contribution >= 0.6 is 11.5 Å². The zero-order valence-electron chi connectivity index (χ0n) is 13.5. The predicted octanol–water partition coefficient (Wildman–Crippen LogP) is 2.43. The average molecular weight is 341 g/mol. The summed E-state index contributed by atoms with van der Waals surface area (Å²) in [7, 11) is 1.81. The quantitative estimate of drug-likeness (QED) is 0.795. The zero-order chi connectivity index (χ0) is 16.5. The van der Waals surface area contributed by atoms with Crippen molar-refractivity contribution < 1.29 is 4.79 Å².